The quantitative estimate of drug-likeness (QED) is 0.341. The molecule has 10 heteroatoms. The van der Waals surface area contributed by atoms with Crippen LogP contribution >= 0.6 is 0 Å². The van der Waals surface area contributed by atoms with Crippen LogP contribution in [0.4, 0.5) is 9.18 Å². The Hall–Kier alpha value is -4.02. The third-order valence-electron chi connectivity index (χ3n) is 9.15. The highest BCUT2D eigenvalue weighted by atomic mass is 19.1. The normalized spacial score (nSPS) is 20.3. The molecule has 3 aromatic rings. The lowest BCUT2D eigenvalue weighted by Gasteiger charge is -2.39. The first-order valence-electron chi connectivity index (χ1n) is 15.4. The van der Waals surface area contributed by atoms with E-state index in [4.69, 9.17) is 14.6 Å². The number of piperidine rings is 1. The van der Waals surface area contributed by atoms with Crippen LogP contribution in [0.3, 0.4) is 0 Å². The Labute approximate surface area is 257 Å². The van der Waals surface area contributed by atoms with E-state index < -0.39 is 5.97 Å². The number of carboxylic acid groups (broad SMARTS) is 1. The van der Waals surface area contributed by atoms with Gasteiger partial charge in [-0.1, -0.05) is 23.8 Å². The van der Waals surface area contributed by atoms with Crippen molar-refractivity contribution in [1.29, 1.82) is 0 Å². The van der Waals surface area contributed by atoms with Crippen molar-refractivity contribution < 1.29 is 28.6 Å². The van der Waals surface area contributed by atoms with Gasteiger partial charge in [0.05, 0.1) is 11.6 Å². The molecule has 0 bridgehead atoms. The lowest BCUT2D eigenvalue weighted by atomic mass is 9.97. The summed E-state index contributed by atoms with van der Waals surface area (Å²) in [7, 11) is 0. The highest BCUT2D eigenvalue weighted by Crippen LogP contribution is 2.38. The van der Waals surface area contributed by atoms with Crippen LogP contribution in [0.1, 0.15) is 64.5 Å². The van der Waals surface area contributed by atoms with E-state index in [0.717, 1.165) is 62.1 Å². The summed E-state index contributed by atoms with van der Waals surface area (Å²) in [4.78, 5) is 36.0. The number of carboxylic acids is 1. The average Bonchev–Trinajstić information content (AvgIpc) is 3.37. The van der Waals surface area contributed by atoms with Gasteiger partial charge in [0.1, 0.15) is 11.6 Å². The highest BCUT2D eigenvalue weighted by Gasteiger charge is 2.46. The van der Waals surface area contributed by atoms with Crippen LogP contribution in [0, 0.1) is 19.7 Å². The van der Waals surface area contributed by atoms with Crippen LogP contribution < -0.4 is 4.74 Å². The maximum Gasteiger partial charge on any atom is 0.335 e. The van der Waals surface area contributed by atoms with Gasteiger partial charge in [0.15, 0.2) is 0 Å². The van der Waals surface area contributed by atoms with Crippen molar-refractivity contribution in [2.75, 3.05) is 32.8 Å². The van der Waals surface area contributed by atoms with Crippen molar-refractivity contribution in [2.45, 2.75) is 64.2 Å². The first-order chi connectivity index (χ1) is 21.3. The van der Waals surface area contributed by atoms with Gasteiger partial charge in [0.25, 0.3) is 0 Å². The molecule has 0 saturated carbocycles. The average molecular weight is 603 g/mol. The van der Waals surface area contributed by atoms with Crippen LogP contribution in [0.15, 0.2) is 54.6 Å². The van der Waals surface area contributed by atoms with Crippen LogP contribution in [-0.4, -0.2) is 81.7 Å². The zero-order valence-corrected chi connectivity index (χ0v) is 25.2. The van der Waals surface area contributed by atoms with Crippen molar-refractivity contribution in [1.82, 2.24) is 19.7 Å². The van der Waals surface area contributed by atoms with Crippen molar-refractivity contribution in [3.05, 3.63) is 88.4 Å². The Bertz CT molecular complexity index is 1500. The minimum absolute atomic E-state index is 0.0227. The number of carbonyl (C=O) groups is 2. The number of benzene rings is 2. The Morgan fingerprint density at radius 2 is 1.73 bits per heavy atom. The molecule has 3 saturated heterocycles. The SMILES string of the molecule is Cc1ccc(F)c([C@@H]2CN(C3CCOCC3)C(=O)N2C2CCN(Cc3ccc(Oc4ccc(C(=O)O)cc4)nc3C)CC2)c1. The third kappa shape index (κ3) is 6.42. The molecule has 2 aromatic carbocycles. The van der Waals surface area contributed by atoms with Crippen LogP contribution in [0.5, 0.6) is 11.6 Å². The van der Waals surface area contributed by atoms with Gasteiger partial charge in [-0.3, -0.25) is 4.90 Å². The molecular formula is C34H39FN4O5. The second-order valence-electron chi connectivity index (χ2n) is 12.1. The lowest BCUT2D eigenvalue weighted by Crippen LogP contribution is -2.48. The number of rotatable bonds is 8. The van der Waals surface area contributed by atoms with E-state index in [1.54, 1.807) is 18.2 Å². The molecule has 3 fully saturated rings. The second-order valence-corrected chi connectivity index (χ2v) is 12.1. The van der Waals surface area contributed by atoms with E-state index in [9.17, 15) is 9.59 Å². The number of hydrogen-bond acceptors (Lipinski definition) is 6. The summed E-state index contributed by atoms with van der Waals surface area (Å²) in [5.41, 5.74) is 3.76. The molecule has 1 atom stereocenters. The summed E-state index contributed by atoms with van der Waals surface area (Å²) in [6.45, 7) is 8.11. The number of hydrogen-bond donors (Lipinski definition) is 1. The number of nitrogens with zero attached hydrogens (tertiary/aromatic N) is 4. The van der Waals surface area contributed by atoms with E-state index in [1.165, 1.54) is 18.2 Å². The molecule has 0 unspecified atom stereocenters. The van der Waals surface area contributed by atoms with Gasteiger partial charge in [-0.2, -0.15) is 0 Å². The molecule has 4 heterocycles. The molecule has 0 radical (unpaired) electrons. The van der Waals surface area contributed by atoms with Gasteiger partial charge in [0.2, 0.25) is 5.88 Å². The lowest BCUT2D eigenvalue weighted by molar-refractivity contribution is 0.0493. The standard InChI is InChI=1S/C34H39FN4O5/c1-22-3-9-30(35)29(19-22)31-21-38(26-13-17-43-18-14-26)34(42)39(31)27-11-15-37(16-12-27)20-25-6-10-32(36-23(25)2)44-28-7-4-24(5-8-28)33(40)41/h3-10,19,26-27,31H,11-18,20-21H2,1-2H3,(H,40,41)/t31-/m0/s1. The fraction of sp³-hybridized carbons (Fsp3) is 0.441. The molecule has 1 N–H and O–H groups in total. The molecule has 6 rings (SSSR count). The van der Waals surface area contributed by atoms with Gasteiger partial charge < -0.3 is 24.4 Å². The summed E-state index contributed by atoms with van der Waals surface area (Å²) in [5, 5.41) is 9.09. The number of aromatic nitrogens is 1. The van der Waals surface area contributed by atoms with Crippen molar-refractivity contribution in [3.63, 3.8) is 0 Å². The van der Waals surface area contributed by atoms with Gasteiger partial charge in [-0.15, -0.1) is 0 Å². The maximum absolute atomic E-state index is 15.2. The summed E-state index contributed by atoms with van der Waals surface area (Å²) >= 11 is 0. The molecule has 3 aliphatic heterocycles. The number of aromatic carboxylic acids is 1. The molecule has 232 valence electrons. The number of pyridine rings is 1. The van der Waals surface area contributed by atoms with Crippen molar-refractivity contribution >= 4 is 12.0 Å². The largest absolute Gasteiger partial charge is 0.478 e. The highest BCUT2D eigenvalue weighted by molar-refractivity contribution is 5.87. The number of amides is 2. The molecule has 3 aliphatic rings. The van der Waals surface area contributed by atoms with E-state index in [0.29, 0.717) is 37.0 Å². The topological polar surface area (TPSA) is 95.4 Å². The fourth-order valence-electron chi connectivity index (χ4n) is 6.69. The molecule has 1 aromatic heterocycles. The van der Waals surface area contributed by atoms with Crippen LogP contribution in [0.2, 0.25) is 0 Å². The molecule has 9 nitrogen and oxygen atoms in total. The minimum Gasteiger partial charge on any atom is -0.478 e. The Balaban J connectivity index is 1.11. The van der Waals surface area contributed by atoms with Crippen LogP contribution in [-0.2, 0) is 11.3 Å². The number of aryl methyl sites for hydroxylation is 2. The van der Waals surface area contributed by atoms with E-state index >= 15 is 4.39 Å². The zero-order chi connectivity index (χ0) is 30.8. The monoisotopic (exact) mass is 602 g/mol. The van der Waals surface area contributed by atoms with Crippen LogP contribution in [0.25, 0.3) is 0 Å². The maximum atomic E-state index is 15.2. The number of halogens is 1. The Morgan fingerprint density at radius 1 is 1.00 bits per heavy atom. The predicted molar refractivity (Wildman–Crippen MR) is 162 cm³/mol. The summed E-state index contributed by atoms with van der Waals surface area (Å²) in [6, 6.07) is 15.2. The number of likely N-dealkylation sites (tertiary alicyclic amines) is 1. The van der Waals surface area contributed by atoms with Crippen molar-refractivity contribution in [3.8, 4) is 11.6 Å². The van der Waals surface area contributed by atoms with E-state index in [1.807, 2.05) is 41.8 Å². The minimum atomic E-state index is -0.983. The molecule has 44 heavy (non-hydrogen) atoms. The smallest absolute Gasteiger partial charge is 0.335 e. The first-order valence-corrected chi connectivity index (χ1v) is 15.4. The van der Waals surface area contributed by atoms with Gasteiger partial charge in [0, 0.05) is 68.8 Å². The number of carbonyl (C=O) groups excluding carboxylic acids is 1. The summed E-state index contributed by atoms with van der Waals surface area (Å²) in [6.07, 6.45) is 3.26. The predicted octanol–water partition coefficient (Wildman–Crippen LogP) is 5.95. The molecule has 0 aliphatic carbocycles. The van der Waals surface area contributed by atoms with Crippen molar-refractivity contribution in [2.24, 2.45) is 0 Å². The summed E-state index contributed by atoms with van der Waals surface area (Å²) in [5.74, 6) is -0.267. The number of ether oxygens (including phenoxy) is 2. The Morgan fingerprint density at radius 3 is 2.41 bits per heavy atom. The second kappa shape index (κ2) is 12.9. The zero-order valence-electron chi connectivity index (χ0n) is 25.2. The fourth-order valence-corrected chi connectivity index (χ4v) is 6.69. The number of urea groups is 1. The Kier molecular flexibility index (Phi) is 8.81. The summed E-state index contributed by atoms with van der Waals surface area (Å²) < 4.78 is 26.6. The molecular weight excluding hydrogens is 563 g/mol. The van der Waals surface area contributed by atoms with Gasteiger partial charge in [-0.05, 0) is 75.4 Å². The van der Waals surface area contributed by atoms with E-state index in [2.05, 4.69) is 9.88 Å². The first kappa shape index (κ1) is 30.0. The van der Waals surface area contributed by atoms with Gasteiger partial charge >= 0.3 is 12.0 Å². The van der Waals surface area contributed by atoms with E-state index in [-0.39, 0.29) is 35.5 Å². The molecule has 0 spiro atoms. The van der Waals surface area contributed by atoms with Gasteiger partial charge in [-0.25, -0.2) is 19.0 Å². The third-order valence-corrected chi connectivity index (χ3v) is 9.15. The molecule has 2 amide bonds.